The number of rotatable bonds is 3. The van der Waals surface area contributed by atoms with Crippen LogP contribution in [-0.4, -0.2) is 28.0 Å². The number of nitrogens with zero attached hydrogens (tertiary/aromatic N) is 3. The smallest absolute Gasteiger partial charge is 0.356 e. The van der Waals surface area contributed by atoms with Gasteiger partial charge in [0, 0.05) is 11.6 Å². The number of carboxylic acids is 1. The maximum atomic E-state index is 12.2. The summed E-state index contributed by atoms with van der Waals surface area (Å²) in [5, 5.41) is 22.0. The van der Waals surface area contributed by atoms with Gasteiger partial charge in [0.1, 0.15) is 17.4 Å². The molecular weight excluding hydrogens is 274 g/mol. The van der Waals surface area contributed by atoms with Crippen LogP contribution in [0.1, 0.15) is 21.6 Å². The second-order valence-corrected chi connectivity index (χ2v) is 4.18. The molecule has 1 aromatic heterocycles. The number of aromatic nitrogens is 2. The van der Waals surface area contributed by atoms with Crippen molar-refractivity contribution in [2.45, 2.75) is 6.92 Å². The quantitative estimate of drug-likeness (QED) is 0.905. The summed E-state index contributed by atoms with van der Waals surface area (Å²) in [6.45, 7) is 1.38. The van der Waals surface area contributed by atoms with Gasteiger partial charge in [0.25, 0.3) is 5.56 Å². The predicted molar refractivity (Wildman–Crippen MR) is 72.8 cm³/mol. The Labute approximate surface area is 119 Å². The fourth-order valence-electron chi connectivity index (χ4n) is 1.86. The summed E-state index contributed by atoms with van der Waals surface area (Å²) in [6, 6.07) is 8.13. The van der Waals surface area contributed by atoms with E-state index < -0.39 is 11.5 Å². The van der Waals surface area contributed by atoms with E-state index in [4.69, 9.17) is 15.1 Å². The molecule has 0 aliphatic heterocycles. The van der Waals surface area contributed by atoms with Crippen LogP contribution in [0.4, 0.5) is 0 Å². The molecule has 0 fully saturated rings. The number of carboxylic acid groups (broad SMARTS) is 1. The Balaban J connectivity index is 2.80. The van der Waals surface area contributed by atoms with E-state index in [0.29, 0.717) is 11.4 Å². The van der Waals surface area contributed by atoms with Crippen LogP contribution in [-0.2, 0) is 0 Å². The monoisotopic (exact) mass is 285 g/mol. The molecule has 106 valence electrons. The number of hydrogen-bond donors (Lipinski definition) is 1. The zero-order chi connectivity index (χ0) is 15.6. The van der Waals surface area contributed by atoms with Crippen molar-refractivity contribution in [2.75, 3.05) is 7.11 Å². The SMILES string of the molecule is COc1cccc(-n2nc(C(=O)O)c(C)c(C#N)c2=O)c1. The van der Waals surface area contributed by atoms with Crippen LogP contribution in [0.15, 0.2) is 29.1 Å². The Bertz CT molecular complexity index is 818. The summed E-state index contributed by atoms with van der Waals surface area (Å²) in [4.78, 5) is 23.4. The molecule has 0 amide bonds. The van der Waals surface area contributed by atoms with E-state index in [-0.39, 0.29) is 16.8 Å². The van der Waals surface area contributed by atoms with E-state index in [0.717, 1.165) is 4.68 Å². The first kappa shape index (κ1) is 14.3. The maximum absolute atomic E-state index is 12.2. The molecule has 1 N–H and O–H groups in total. The van der Waals surface area contributed by atoms with Gasteiger partial charge < -0.3 is 9.84 Å². The molecule has 0 aliphatic rings. The number of carbonyl (C=O) groups is 1. The maximum Gasteiger partial charge on any atom is 0.356 e. The summed E-state index contributed by atoms with van der Waals surface area (Å²) in [6.07, 6.45) is 0. The van der Waals surface area contributed by atoms with Crippen LogP contribution < -0.4 is 10.3 Å². The van der Waals surface area contributed by atoms with Gasteiger partial charge in [-0.2, -0.15) is 15.0 Å². The summed E-state index contributed by atoms with van der Waals surface area (Å²) in [7, 11) is 1.47. The molecule has 7 nitrogen and oxygen atoms in total. The van der Waals surface area contributed by atoms with Crippen LogP contribution >= 0.6 is 0 Å². The van der Waals surface area contributed by atoms with Crippen LogP contribution in [0, 0.1) is 18.3 Å². The first-order chi connectivity index (χ1) is 9.99. The molecule has 0 aliphatic carbocycles. The highest BCUT2D eigenvalue weighted by atomic mass is 16.5. The van der Waals surface area contributed by atoms with Gasteiger partial charge in [-0.15, -0.1) is 0 Å². The number of methoxy groups -OCH3 is 1. The van der Waals surface area contributed by atoms with Crippen LogP contribution in [0.5, 0.6) is 5.75 Å². The lowest BCUT2D eigenvalue weighted by atomic mass is 10.1. The van der Waals surface area contributed by atoms with Crippen molar-refractivity contribution in [2.24, 2.45) is 0 Å². The van der Waals surface area contributed by atoms with Crippen LogP contribution in [0.2, 0.25) is 0 Å². The molecule has 0 atom stereocenters. The van der Waals surface area contributed by atoms with Gasteiger partial charge in [0.2, 0.25) is 0 Å². The summed E-state index contributed by atoms with van der Waals surface area (Å²) < 4.78 is 5.94. The molecule has 21 heavy (non-hydrogen) atoms. The minimum absolute atomic E-state index is 0.0501. The fraction of sp³-hybridized carbons (Fsp3) is 0.143. The van der Waals surface area contributed by atoms with Crippen molar-refractivity contribution >= 4 is 5.97 Å². The van der Waals surface area contributed by atoms with Gasteiger partial charge in [-0.1, -0.05) is 6.07 Å². The number of ether oxygens (including phenoxy) is 1. The van der Waals surface area contributed by atoms with Crippen molar-refractivity contribution < 1.29 is 14.6 Å². The molecule has 0 radical (unpaired) electrons. The number of hydrogen-bond acceptors (Lipinski definition) is 5. The topological polar surface area (TPSA) is 105 Å². The highest BCUT2D eigenvalue weighted by Crippen LogP contribution is 2.16. The third-order valence-corrected chi connectivity index (χ3v) is 2.95. The van der Waals surface area contributed by atoms with Gasteiger partial charge in [0.15, 0.2) is 5.69 Å². The average Bonchev–Trinajstić information content (AvgIpc) is 2.47. The third kappa shape index (κ3) is 2.47. The Morgan fingerprint density at radius 2 is 2.19 bits per heavy atom. The molecule has 1 aromatic carbocycles. The summed E-state index contributed by atoms with van der Waals surface area (Å²) in [5.41, 5.74) is -0.889. The van der Waals surface area contributed by atoms with Gasteiger partial charge in [0.05, 0.1) is 12.8 Å². The number of aromatic carboxylic acids is 1. The lowest BCUT2D eigenvalue weighted by Gasteiger charge is -2.10. The Morgan fingerprint density at radius 1 is 1.48 bits per heavy atom. The first-order valence-corrected chi connectivity index (χ1v) is 5.91. The fourth-order valence-corrected chi connectivity index (χ4v) is 1.86. The van der Waals surface area contributed by atoms with Crippen LogP contribution in [0.3, 0.4) is 0 Å². The van der Waals surface area contributed by atoms with E-state index in [2.05, 4.69) is 5.10 Å². The molecule has 0 bridgehead atoms. The van der Waals surface area contributed by atoms with Crippen molar-refractivity contribution in [3.63, 3.8) is 0 Å². The highest BCUT2D eigenvalue weighted by Gasteiger charge is 2.19. The van der Waals surface area contributed by atoms with Gasteiger partial charge in [-0.25, -0.2) is 4.79 Å². The zero-order valence-electron chi connectivity index (χ0n) is 11.3. The van der Waals surface area contributed by atoms with Crippen molar-refractivity contribution in [1.82, 2.24) is 9.78 Å². The normalized spacial score (nSPS) is 9.95. The molecule has 0 saturated heterocycles. The zero-order valence-corrected chi connectivity index (χ0v) is 11.3. The summed E-state index contributed by atoms with van der Waals surface area (Å²) in [5.74, 6) is -0.821. The largest absolute Gasteiger partial charge is 0.497 e. The summed E-state index contributed by atoms with van der Waals surface area (Å²) >= 11 is 0. The minimum Gasteiger partial charge on any atom is -0.497 e. The molecule has 0 spiro atoms. The molecule has 2 aromatic rings. The Kier molecular flexibility index (Phi) is 3.71. The Hall–Kier alpha value is -3.14. The van der Waals surface area contributed by atoms with E-state index in [1.807, 2.05) is 0 Å². The average molecular weight is 285 g/mol. The van der Waals surface area contributed by atoms with E-state index >= 15 is 0 Å². The third-order valence-electron chi connectivity index (χ3n) is 2.95. The van der Waals surface area contributed by atoms with Gasteiger partial charge in [-0.3, -0.25) is 4.79 Å². The lowest BCUT2D eigenvalue weighted by Crippen LogP contribution is -2.28. The standard InChI is InChI=1S/C14H11N3O4/c1-8-11(7-15)13(18)17(16-12(8)14(19)20)9-4-3-5-10(6-9)21-2/h3-6H,1-2H3,(H,19,20). The van der Waals surface area contributed by atoms with E-state index in [9.17, 15) is 9.59 Å². The molecular formula is C14H11N3O4. The molecule has 0 saturated carbocycles. The van der Waals surface area contributed by atoms with Gasteiger partial charge >= 0.3 is 5.97 Å². The first-order valence-electron chi connectivity index (χ1n) is 5.91. The van der Waals surface area contributed by atoms with Crippen molar-refractivity contribution in [3.8, 4) is 17.5 Å². The second-order valence-electron chi connectivity index (χ2n) is 4.18. The number of benzene rings is 1. The molecule has 7 heteroatoms. The predicted octanol–water partition coefficient (Wildman–Crippen LogP) is 1.12. The van der Waals surface area contributed by atoms with Crippen LogP contribution in [0.25, 0.3) is 5.69 Å². The van der Waals surface area contributed by atoms with Gasteiger partial charge in [-0.05, 0) is 19.1 Å². The number of nitriles is 1. The molecule has 2 rings (SSSR count). The lowest BCUT2D eigenvalue weighted by molar-refractivity contribution is 0.0687. The molecule has 1 heterocycles. The second kappa shape index (κ2) is 5.46. The minimum atomic E-state index is -1.30. The van der Waals surface area contributed by atoms with E-state index in [1.165, 1.54) is 20.1 Å². The Morgan fingerprint density at radius 3 is 2.76 bits per heavy atom. The van der Waals surface area contributed by atoms with Crippen molar-refractivity contribution in [3.05, 3.63) is 51.4 Å². The van der Waals surface area contributed by atoms with E-state index in [1.54, 1.807) is 24.3 Å². The highest BCUT2D eigenvalue weighted by molar-refractivity contribution is 5.87. The molecule has 0 unspecified atom stereocenters. The van der Waals surface area contributed by atoms with Crippen molar-refractivity contribution in [1.29, 1.82) is 5.26 Å².